The topological polar surface area (TPSA) is 50.6 Å². The molecule has 0 aromatic carbocycles. The van der Waals surface area contributed by atoms with Gasteiger partial charge in [-0.05, 0) is 18.9 Å². The van der Waals surface area contributed by atoms with Crippen LogP contribution in [-0.2, 0) is 22.6 Å². The highest BCUT2D eigenvalue weighted by Crippen LogP contribution is 2.26. The number of hydrogen-bond acceptors (Lipinski definition) is 4. The molecule has 0 aliphatic carbocycles. The van der Waals surface area contributed by atoms with Crippen molar-refractivity contribution in [1.29, 1.82) is 0 Å². The minimum atomic E-state index is 0.121. The monoisotopic (exact) mass is 306 g/mol. The van der Waals surface area contributed by atoms with E-state index in [0.29, 0.717) is 25.0 Å². The van der Waals surface area contributed by atoms with Gasteiger partial charge in [-0.2, -0.15) is 5.10 Å². The second kappa shape index (κ2) is 6.79. The summed E-state index contributed by atoms with van der Waals surface area (Å²) in [5, 5.41) is 4.32. The minimum Gasteiger partial charge on any atom is -0.378 e. The van der Waals surface area contributed by atoms with E-state index >= 15 is 0 Å². The Hall–Kier alpha value is -1.40. The Balaban J connectivity index is 1.60. The van der Waals surface area contributed by atoms with Gasteiger partial charge < -0.3 is 9.64 Å². The summed E-state index contributed by atoms with van der Waals surface area (Å²) in [6.07, 6.45) is 1.86. The highest BCUT2D eigenvalue weighted by Gasteiger charge is 2.37. The zero-order valence-electron chi connectivity index (χ0n) is 13.6. The number of ether oxygens (including phenoxy) is 1. The van der Waals surface area contributed by atoms with E-state index in [9.17, 15) is 4.79 Å². The van der Waals surface area contributed by atoms with Gasteiger partial charge in [0.25, 0.3) is 0 Å². The minimum absolute atomic E-state index is 0.121. The van der Waals surface area contributed by atoms with Crippen molar-refractivity contribution in [3.8, 4) is 0 Å². The third kappa shape index (κ3) is 3.17. The van der Waals surface area contributed by atoms with Crippen LogP contribution in [-0.4, -0.2) is 64.9 Å². The van der Waals surface area contributed by atoms with Crippen LogP contribution in [0.4, 0.5) is 0 Å². The molecule has 1 aromatic heterocycles. The van der Waals surface area contributed by atoms with Crippen LogP contribution in [0.25, 0.3) is 0 Å². The molecule has 6 nitrogen and oxygen atoms in total. The Morgan fingerprint density at radius 2 is 2.14 bits per heavy atom. The van der Waals surface area contributed by atoms with Gasteiger partial charge in [-0.3, -0.25) is 14.4 Å². The maximum Gasteiger partial charge on any atom is 0.227 e. The number of morpholine rings is 1. The first-order valence-corrected chi connectivity index (χ1v) is 8.28. The Kier molecular flexibility index (Phi) is 4.78. The summed E-state index contributed by atoms with van der Waals surface area (Å²) in [4.78, 5) is 17.1. The first kappa shape index (κ1) is 15.5. The van der Waals surface area contributed by atoms with E-state index in [1.165, 1.54) is 5.69 Å². The lowest BCUT2D eigenvalue weighted by molar-refractivity contribution is -0.140. The lowest BCUT2D eigenvalue weighted by Gasteiger charge is -2.30. The van der Waals surface area contributed by atoms with Crippen LogP contribution in [0.2, 0.25) is 0 Å². The maximum absolute atomic E-state index is 12.7. The number of aryl methyl sites for hydroxylation is 1. The molecule has 0 saturated carbocycles. The van der Waals surface area contributed by atoms with Crippen LogP contribution in [0.5, 0.6) is 0 Å². The first-order valence-electron chi connectivity index (χ1n) is 8.28. The van der Waals surface area contributed by atoms with Gasteiger partial charge in [0, 0.05) is 45.5 Å². The van der Waals surface area contributed by atoms with Gasteiger partial charge >= 0.3 is 0 Å². The van der Waals surface area contributed by atoms with Crippen LogP contribution in [0.15, 0.2) is 12.3 Å². The molecular weight excluding hydrogens is 280 g/mol. The number of aromatic nitrogens is 2. The fourth-order valence-corrected chi connectivity index (χ4v) is 3.54. The Labute approximate surface area is 132 Å². The molecule has 0 bridgehead atoms. The summed E-state index contributed by atoms with van der Waals surface area (Å²) in [6.45, 7) is 10.7. The third-order valence-corrected chi connectivity index (χ3v) is 4.82. The van der Waals surface area contributed by atoms with E-state index in [1.807, 2.05) is 15.8 Å². The van der Waals surface area contributed by atoms with E-state index in [4.69, 9.17) is 4.74 Å². The number of carbonyl (C=O) groups excluding carboxylic acids is 1. The van der Waals surface area contributed by atoms with Gasteiger partial charge in [0.15, 0.2) is 0 Å². The number of carbonyl (C=O) groups is 1. The SMILES string of the molecule is CCn1nccc1CN1C[C@@H](C)[C@H](C(=O)N2CCOCC2)C1. The van der Waals surface area contributed by atoms with Crippen molar-refractivity contribution in [1.82, 2.24) is 19.6 Å². The van der Waals surface area contributed by atoms with Gasteiger partial charge in [0.1, 0.15) is 0 Å². The molecule has 22 heavy (non-hydrogen) atoms. The second-order valence-electron chi connectivity index (χ2n) is 6.35. The molecule has 3 heterocycles. The van der Waals surface area contributed by atoms with Gasteiger partial charge in [-0.25, -0.2) is 0 Å². The van der Waals surface area contributed by atoms with E-state index < -0.39 is 0 Å². The lowest BCUT2D eigenvalue weighted by atomic mass is 9.96. The third-order valence-electron chi connectivity index (χ3n) is 4.82. The smallest absolute Gasteiger partial charge is 0.227 e. The van der Waals surface area contributed by atoms with Crippen molar-refractivity contribution in [3.63, 3.8) is 0 Å². The molecule has 2 atom stereocenters. The van der Waals surface area contributed by atoms with Gasteiger partial charge in [-0.15, -0.1) is 0 Å². The molecule has 2 aliphatic heterocycles. The molecule has 0 N–H and O–H groups in total. The number of likely N-dealkylation sites (tertiary alicyclic amines) is 1. The summed E-state index contributed by atoms with van der Waals surface area (Å²) < 4.78 is 7.37. The number of amides is 1. The number of rotatable bonds is 4. The summed E-state index contributed by atoms with van der Waals surface area (Å²) >= 11 is 0. The fraction of sp³-hybridized carbons (Fsp3) is 0.750. The van der Waals surface area contributed by atoms with Crippen LogP contribution in [0.3, 0.4) is 0 Å². The van der Waals surface area contributed by atoms with Crippen molar-refractivity contribution in [2.75, 3.05) is 39.4 Å². The molecule has 122 valence electrons. The highest BCUT2D eigenvalue weighted by molar-refractivity contribution is 5.79. The van der Waals surface area contributed by atoms with Crippen molar-refractivity contribution in [2.45, 2.75) is 26.9 Å². The normalized spacial score (nSPS) is 26.5. The van der Waals surface area contributed by atoms with Gasteiger partial charge in [0.2, 0.25) is 5.91 Å². The molecule has 0 unspecified atom stereocenters. The standard InChI is InChI=1S/C16H26N4O2/c1-3-20-14(4-5-17-20)11-18-10-13(2)15(12-18)16(21)19-6-8-22-9-7-19/h4-5,13,15H,3,6-12H2,1-2H3/t13-,15-/m1/s1. The van der Waals surface area contributed by atoms with Crippen LogP contribution >= 0.6 is 0 Å². The zero-order chi connectivity index (χ0) is 15.5. The molecule has 0 radical (unpaired) electrons. The van der Waals surface area contributed by atoms with Crippen molar-refractivity contribution >= 4 is 5.91 Å². The summed E-state index contributed by atoms with van der Waals surface area (Å²) in [7, 11) is 0. The quantitative estimate of drug-likeness (QED) is 0.827. The molecule has 1 aromatic rings. The average molecular weight is 306 g/mol. The van der Waals surface area contributed by atoms with E-state index in [2.05, 4.69) is 29.9 Å². The van der Waals surface area contributed by atoms with E-state index in [1.54, 1.807) is 0 Å². The second-order valence-corrected chi connectivity index (χ2v) is 6.35. The highest BCUT2D eigenvalue weighted by atomic mass is 16.5. The van der Waals surface area contributed by atoms with E-state index in [0.717, 1.165) is 39.3 Å². The first-order chi connectivity index (χ1) is 10.7. The van der Waals surface area contributed by atoms with Crippen LogP contribution in [0.1, 0.15) is 19.5 Å². The van der Waals surface area contributed by atoms with Crippen molar-refractivity contribution < 1.29 is 9.53 Å². The maximum atomic E-state index is 12.7. The predicted octanol–water partition coefficient (Wildman–Crippen LogP) is 0.830. The molecule has 1 amide bonds. The Morgan fingerprint density at radius 3 is 2.86 bits per heavy atom. The summed E-state index contributed by atoms with van der Waals surface area (Å²) in [5.74, 6) is 0.840. The lowest BCUT2D eigenvalue weighted by Crippen LogP contribution is -2.45. The molecule has 2 saturated heterocycles. The van der Waals surface area contributed by atoms with Crippen molar-refractivity contribution in [2.24, 2.45) is 11.8 Å². The molecular formula is C16H26N4O2. The molecule has 2 aliphatic rings. The predicted molar refractivity (Wildman–Crippen MR) is 83.2 cm³/mol. The zero-order valence-corrected chi connectivity index (χ0v) is 13.6. The molecule has 2 fully saturated rings. The number of nitrogens with zero attached hydrogens (tertiary/aromatic N) is 4. The summed E-state index contributed by atoms with van der Waals surface area (Å²) in [5.41, 5.74) is 1.23. The van der Waals surface area contributed by atoms with E-state index in [-0.39, 0.29) is 5.92 Å². The van der Waals surface area contributed by atoms with Gasteiger partial charge in [-0.1, -0.05) is 6.92 Å². The summed E-state index contributed by atoms with van der Waals surface area (Å²) in [6, 6.07) is 2.07. The van der Waals surface area contributed by atoms with Crippen LogP contribution in [0, 0.1) is 11.8 Å². The molecule has 6 heteroatoms. The van der Waals surface area contributed by atoms with Crippen LogP contribution < -0.4 is 0 Å². The number of hydrogen-bond donors (Lipinski definition) is 0. The average Bonchev–Trinajstić information content (AvgIpc) is 3.14. The van der Waals surface area contributed by atoms with Gasteiger partial charge in [0.05, 0.1) is 24.8 Å². The Morgan fingerprint density at radius 1 is 1.36 bits per heavy atom. The Bertz CT molecular complexity index is 510. The molecule has 0 spiro atoms. The fourth-order valence-electron chi connectivity index (χ4n) is 3.54. The molecule has 3 rings (SSSR count). The largest absolute Gasteiger partial charge is 0.378 e. The van der Waals surface area contributed by atoms with Crippen molar-refractivity contribution in [3.05, 3.63) is 18.0 Å².